The zero-order valence-electron chi connectivity index (χ0n) is 2.23. The van der Waals surface area contributed by atoms with Gasteiger partial charge in [0.2, 0.25) is 0 Å². The SMILES string of the molecule is [B]N[B]N. The van der Waals surface area contributed by atoms with Crippen LogP contribution in [0.2, 0.25) is 0 Å². The average Bonchev–Trinajstić information content (AvgIpc) is 1.37. The van der Waals surface area contributed by atoms with Crippen molar-refractivity contribution >= 4 is 15.5 Å². The van der Waals surface area contributed by atoms with Crippen LogP contribution >= 0.6 is 0 Å². The quantitative estimate of drug-likeness (QED) is 0.344. The Balaban J connectivity index is 1.97. The molecule has 0 heterocycles. The smallest absolute Gasteiger partial charge is 0.291 e. The standard InChI is InChI=1S/B2H3N2/c1-4-2-3/h4H,3H2. The molecule has 0 bridgehead atoms. The third kappa shape index (κ3) is 2.05. The van der Waals surface area contributed by atoms with Gasteiger partial charge in [-0.25, -0.2) is 0 Å². The lowest BCUT2D eigenvalue weighted by atomic mass is 10.1. The topological polar surface area (TPSA) is 38.0 Å². The van der Waals surface area contributed by atoms with E-state index in [4.69, 9.17) is 0 Å². The second-order valence-electron chi connectivity index (χ2n) is 0.333. The van der Waals surface area contributed by atoms with Crippen LogP contribution in [0.5, 0.6) is 0 Å². The van der Waals surface area contributed by atoms with E-state index in [1.807, 2.05) is 0 Å². The molecule has 0 aliphatic carbocycles. The van der Waals surface area contributed by atoms with Gasteiger partial charge < -0.3 is 10.8 Å². The second kappa shape index (κ2) is 3.05. The van der Waals surface area contributed by atoms with Crippen molar-refractivity contribution < 1.29 is 0 Å². The maximum absolute atomic E-state index is 4.67. The molecule has 4 heteroatoms. The highest BCUT2D eigenvalue weighted by Crippen LogP contribution is 1.05. The van der Waals surface area contributed by atoms with Gasteiger partial charge in [0, 0.05) is 0 Å². The molecule has 0 aromatic heterocycles. The maximum Gasteiger partial charge on any atom is 0.291 e. The molecule has 3 N–H and O–H groups in total. The molecule has 3 radical (unpaired) electrons. The zero-order chi connectivity index (χ0) is 3.41. The largest absolute Gasteiger partial charge is 0.398 e. The Hall–Kier alpha value is 0.0499. The van der Waals surface area contributed by atoms with Gasteiger partial charge in [0.25, 0.3) is 7.55 Å². The van der Waals surface area contributed by atoms with E-state index in [0.29, 0.717) is 0 Å². The predicted molar refractivity (Wildman–Crippen MR) is 18.8 cm³/mol. The molecule has 0 aromatic carbocycles. The highest BCUT2D eigenvalue weighted by molar-refractivity contribution is 6.38. The van der Waals surface area contributed by atoms with Crippen LogP contribution in [0.3, 0.4) is 0 Å². The van der Waals surface area contributed by atoms with E-state index >= 15 is 0 Å². The van der Waals surface area contributed by atoms with Crippen LogP contribution in [0.4, 0.5) is 0 Å². The first-order valence-electron chi connectivity index (χ1n) is 0.911. The van der Waals surface area contributed by atoms with Crippen LogP contribution in [0.15, 0.2) is 0 Å². The molecule has 0 saturated heterocycles. The van der Waals surface area contributed by atoms with Gasteiger partial charge in [-0.3, -0.25) is 0 Å². The fourth-order valence-electron chi connectivity index (χ4n) is 0. The molecule has 0 saturated carbocycles. The van der Waals surface area contributed by atoms with Gasteiger partial charge >= 0.3 is 0 Å². The molecule has 2 nitrogen and oxygen atoms in total. The first-order valence-corrected chi connectivity index (χ1v) is 0.911. The number of nitrogens with one attached hydrogen (secondary N) is 1. The summed E-state index contributed by atoms with van der Waals surface area (Å²) >= 11 is 0. The van der Waals surface area contributed by atoms with Crippen molar-refractivity contribution in [2.24, 2.45) is 5.64 Å². The van der Waals surface area contributed by atoms with Crippen LogP contribution in [-0.2, 0) is 0 Å². The summed E-state index contributed by atoms with van der Waals surface area (Å²) in [5, 5.41) is 2.08. The van der Waals surface area contributed by atoms with Crippen molar-refractivity contribution in [1.82, 2.24) is 5.14 Å². The van der Waals surface area contributed by atoms with Gasteiger partial charge in [0.05, 0.1) is 0 Å². The minimum absolute atomic E-state index is 1.15. The van der Waals surface area contributed by atoms with Crippen molar-refractivity contribution in [3.63, 3.8) is 0 Å². The molecule has 0 fully saturated rings. The molecule has 0 aliphatic rings. The van der Waals surface area contributed by atoms with Gasteiger partial charge in [-0.1, -0.05) is 0 Å². The van der Waals surface area contributed by atoms with Crippen LogP contribution in [0.25, 0.3) is 0 Å². The van der Waals surface area contributed by atoms with Crippen molar-refractivity contribution in [1.29, 1.82) is 0 Å². The van der Waals surface area contributed by atoms with Gasteiger partial charge in [0.15, 0.2) is 7.98 Å². The monoisotopic (exact) mass is 53.0 g/mol. The lowest BCUT2D eigenvalue weighted by Crippen LogP contribution is -2.23. The number of hydrogen-bond donors (Lipinski definition) is 2. The molecular formula is H3B2N2. The molecule has 4 heavy (non-hydrogen) atoms. The van der Waals surface area contributed by atoms with Crippen LogP contribution in [0.1, 0.15) is 0 Å². The van der Waals surface area contributed by atoms with Gasteiger partial charge in [-0.2, -0.15) is 0 Å². The Morgan fingerprint density at radius 3 is 2.25 bits per heavy atom. The normalized spacial score (nSPS) is 6.25. The van der Waals surface area contributed by atoms with E-state index in [9.17, 15) is 0 Å². The summed E-state index contributed by atoms with van der Waals surface area (Å²) in [5.41, 5.74) is 4.67. The number of hydrogen-bond acceptors (Lipinski definition) is 2. The van der Waals surface area contributed by atoms with E-state index in [1.54, 1.807) is 0 Å². The van der Waals surface area contributed by atoms with Crippen molar-refractivity contribution in [3.8, 4) is 0 Å². The first-order chi connectivity index (χ1) is 1.91. The van der Waals surface area contributed by atoms with Crippen molar-refractivity contribution in [2.75, 3.05) is 0 Å². The molecule has 0 atom stereocenters. The van der Waals surface area contributed by atoms with Gasteiger partial charge in [-0.15, -0.1) is 0 Å². The highest BCUT2D eigenvalue weighted by atomic mass is 14.7. The van der Waals surface area contributed by atoms with E-state index in [1.165, 1.54) is 0 Å². The fraction of sp³-hybridized carbons (Fsp3) is 0. The van der Waals surface area contributed by atoms with Crippen LogP contribution < -0.4 is 10.8 Å². The van der Waals surface area contributed by atoms with E-state index in [0.717, 1.165) is 7.55 Å². The summed E-state index contributed by atoms with van der Waals surface area (Å²) in [6.07, 6.45) is 0. The Bertz CT molecular complexity index is 6.00. The van der Waals surface area contributed by atoms with Crippen molar-refractivity contribution in [2.45, 2.75) is 0 Å². The Kier molecular flexibility index (Phi) is 3.09. The molecule has 0 unspecified atom stereocenters. The third-order valence-electron chi connectivity index (χ3n) is 0.0962. The second-order valence-corrected chi connectivity index (χ2v) is 0.333. The number of nitrogens with two attached hydrogens (primary N) is 1. The van der Waals surface area contributed by atoms with E-state index in [2.05, 4.69) is 18.8 Å². The van der Waals surface area contributed by atoms with E-state index < -0.39 is 0 Å². The maximum atomic E-state index is 4.67. The lowest BCUT2D eigenvalue weighted by molar-refractivity contribution is 1.57. The summed E-state index contributed by atoms with van der Waals surface area (Å²) in [7, 11) is 5.75. The summed E-state index contributed by atoms with van der Waals surface area (Å²) in [5.74, 6) is 0. The predicted octanol–water partition coefficient (Wildman–Crippen LogP) is -1.85. The molecule has 0 aromatic rings. The summed E-state index contributed by atoms with van der Waals surface area (Å²) in [6, 6.07) is 0. The summed E-state index contributed by atoms with van der Waals surface area (Å²) in [6.45, 7) is 0. The van der Waals surface area contributed by atoms with Crippen LogP contribution in [0, 0.1) is 0 Å². The third-order valence-corrected chi connectivity index (χ3v) is 0.0962. The molecule has 0 aliphatic heterocycles. The highest BCUT2D eigenvalue weighted by Gasteiger charge is 1.59. The Labute approximate surface area is 27.5 Å². The minimum Gasteiger partial charge on any atom is -0.398 e. The zero-order valence-corrected chi connectivity index (χ0v) is 2.23. The van der Waals surface area contributed by atoms with Gasteiger partial charge in [-0.05, 0) is 0 Å². The Morgan fingerprint density at radius 2 is 2.25 bits per heavy atom. The Morgan fingerprint density at radius 1 is 2.00 bits per heavy atom. The summed E-state index contributed by atoms with van der Waals surface area (Å²) < 4.78 is 0. The minimum atomic E-state index is 1.15. The average molecular weight is 52.7 g/mol. The molecule has 0 rings (SSSR count). The van der Waals surface area contributed by atoms with Gasteiger partial charge in [0.1, 0.15) is 0 Å². The molecule has 19 valence electrons. The molecule has 0 amide bonds. The van der Waals surface area contributed by atoms with Crippen molar-refractivity contribution in [3.05, 3.63) is 0 Å². The summed E-state index contributed by atoms with van der Waals surface area (Å²) in [4.78, 5) is 0. The fourth-order valence-corrected chi connectivity index (χ4v) is 0. The molecule has 0 spiro atoms. The first kappa shape index (κ1) is 4.05. The lowest BCUT2D eigenvalue weighted by Gasteiger charge is -1.72. The number of rotatable bonds is 1. The van der Waals surface area contributed by atoms with E-state index in [-0.39, 0.29) is 0 Å². The molecular weight excluding hydrogens is 49.6 g/mol. The van der Waals surface area contributed by atoms with Crippen LogP contribution in [-0.4, -0.2) is 15.5 Å².